The number of carbonyl (C=O) groups excluding carboxylic acids is 2. The van der Waals surface area contributed by atoms with Crippen LogP contribution in [0.5, 0.6) is 0 Å². The smallest absolute Gasteiger partial charge is 0.180 e. The quantitative estimate of drug-likeness (QED) is 0.577. The molecule has 0 saturated carbocycles. The maximum atomic E-state index is 12.1. The van der Waals surface area contributed by atoms with Crippen LogP contribution < -0.4 is 4.90 Å². The van der Waals surface area contributed by atoms with Crippen LogP contribution in [0.3, 0.4) is 0 Å². The molecule has 126 valence electrons. The third-order valence-corrected chi connectivity index (χ3v) is 3.78. The second-order valence-corrected chi connectivity index (χ2v) is 5.51. The minimum absolute atomic E-state index is 0.0672. The largest absolute Gasteiger partial charge is 0.357 e. The zero-order valence-corrected chi connectivity index (χ0v) is 14.6. The van der Waals surface area contributed by atoms with Crippen molar-refractivity contribution >= 4 is 23.5 Å². The highest BCUT2D eigenvalue weighted by Gasteiger charge is 2.23. The minimum atomic E-state index is -0.124. The molecule has 0 bridgehead atoms. The van der Waals surface area contributed by atoms with Gasteiger partial charge in [0.25, 0.3) is 0 Å². The van der Waals surface area contributed by atoms with E-state index >= 15 is 0 Å². The summed E-state index contributed by atoms with van der Waals surface area (Å²) in [5.41, 5.74) is 1.94. The molecule has 1 aromatic carbocycles. The van der Waals surface area contributed by atoms with Gasteiger partial charge in [-0.05, 0) is 45.1 Å². The molecule has 0 aliphatic carbocycles. The van der Waals surface area contributed by atoms with E-state index < -0.39 is 0 Å². The first-order valence-electron chi connectivity index (χ1n) is 8.12. The van der Waals surface area contributed by atoms with Crippen molar-refractivity contribution < 1.29 is 9.59 Å². The van der Waals surface area contributed by atoms with E-state index in [1.807, 2.05) is 30.3 Å². The number of carbonyl (C=O) groups is 2. The van der Waals surface area contributed by atoms with Crippen molar-refractivity contribution in [3.05, 3.63) is 47.7 Å². The fraction of sp³-hybridized carbons (Fsp3) is 0.316. The van der Waals surface area contributed by atoms with Gasteiger partial charge in [-0.2, -0.15) is 5.10 Å². The Kier molecular flexibility index (Phi) is 5.68. The van der Waals surface area contributed by atoms with Crippen LogP contribution in [0, 0.1) is 0 Å². The molecule has 0 spiro atoms. The molecule has 0 amide bonds. The standard InChI is InChI=1S/C19H23N3O2/c1-5-21(6-2)19-17(13-12-14(3)23)18(15(4)24)20-22(19)16-10-8-7-9-11-16/h7-13H,5-6H2,1-4H3. The summed E-state index contributed by atoms with van der Waals surface area (Å²) in [6.45, 7) is 8.63. The lowest BCUT2D eigenvalue weighted by Crippen LogP contribution is -2.25. The highest BCUT2D eigenvalue weighted by molar-refractivity contribution is 6.00. The number of allylic oxidation sites excluding steroid dienone is 1. The number of nitrogens with zero attached hydrogens (tertiary/aromatic N) is 3. The van der Waals surface area contributed by atoms with Gasteiger partial charge in [0.15, 0.2) is 11.6 Å². The molecule has 5 nitrogen and oxygen atoms in total. The van der Waals surface area contributed by atoms with Crippen molar-refractivity contribution in [2.45, 2.75) is 27.7 Å². The average molecular weight is 325 g/mol. The van der Waals surface area contributed by atoms with E-state index in [2.05, 4.69) is 23.8 Å². The zero-order chi connectivity index (χ0) is 17.7. The van der Waals surface area contributed by atoms with Gasteiger partial charge in [-0.3, -0.25) is 9.59 Å². The third kappa shape index (κ3) is 3.62. The summed E-state index contributed by atoms with van der Waals surface area (Å²) < 4.78 is 1.78. The number of rotatable bonds is 7. The lowest BCUT2D eigenvalue weighted by Gasteiger charge is -2.23. The Morgan fingerprint density at radius 2 is 1.75 bits per heavy atom. The molecule has 0 aliphatic heterocycles. The Morgan fingerprint density at radius 3 is 2.25 bits per heavy atom. The average Bonchev–Trinajstić information content (AvgIpc) is 2.95. The second-order valence-electron chi connectivity index (χ2n) is 5.51. The molecule has 0 saturated heterocycles. The van der Waals surface area contributed by atoms with E-state index in [0.29, 0.717) is 11.3 Å². The predicted octanol–water partition coefficient (Wildman–Crippen LogP) is 3.52. The maximum Gasteiger partial charge on any atom is 0.180 e. The summed E-state index contributed by atoms with van der Waals surface area (Å²) in [4.78, 5) is 25.6. The summed E-state index contributed by atoms with van der Waals surface area (Å²) in [7, 11) is 0. The molecule has 2 rings (SSSR count). The van der Waals surface area contributed by atoms with Crippen LogP contribution in [0.15, 0.2) is 36.4 Å². The molecule has 2 aromatic rings. The van der Waals surface area contributed by atoms with Crippen LogP contribution in [0.4, 0.5) is 5.82 Å². The van der Waals surface area contributed by atoms with E-state index in [0.717, 1.165) is 24.6 Å². The normalized spacial score (nSPS) is 11.0. The molecule has 0 fully saturated rings. The molecule has 0 unspecified atom stereocenters. The Labute approximate surface area is 142 Å². The third-order valence-electron chi connectivity index (χ3n) is 3.78. The van der Waals surface area contributed by atoms with Gasteiger partial charge in [0, 0.05) is 25.6 Å². The van der Waals surface area contributed by atoms with Crippen LogP contribution >= 0.6 is 0 Å². The summed E-state index contributed by atoms with van der Waals surface area (Å²) in [5, 5.41) is 4.54. The molecule has 24 heavy (non-hydrogen) atoms. The number of aromatic nitrogens is 2. The fourth-order valence-electron chi connectivity index (χ4n) is 2.61. The Hall–Kier alpha value is -2.69. The lowest BCUT2D eigenvalue weighted by atomic mass is 10.1. The topological polar surface area (TPSA) is 55.2 Å². The first kappa shape index (κ1) is 17.7. The molecule has 1 aromatic heterocycles. The van der Waals surface area contributed by atoms with Crippen molar-refractivity contribution in [3.63, 3.8) is 0 Å². The van der Waals surface area contributed by atoms with Gasteiger partial charge in [-0.15, -0.1) is 0 Å². The maximum absolute atomic E-state index is 12.1. The van der Waals surface area contributed by atoms with Crippen LogP contribution in [-0.2, 0) is 4.79 Å². The minimum Gasteiger partial charge on any atom is -0.357 e. The molecule has 0 atom stereocenters. The van der Waals surface area contributed by atoms with Crippen molar-refractivity contribution in [2.75, 3.05) is 18.0 Å². The summed E-state index contributed by atoms with van der Waals surface area (Å²) in [6, 6.07) is 9.69. The second kappa shape index (κ2) is 7.73. The van der Waals surface area contributed by atoms with Crippen molar-refractivity contribution in [1.82, 2.24) is 9.78 Å². The number of benzene rings is 1. The van der Waals surface area contributed by atoms with Crippen LogP contribution in [-0.4, -0.2) is 34.4 Å². The van der Waals surface area contributed by atoms with Gasteiger partial charge >= 0.3 is 0 Å². The summed E-state index contributed by atoms with van der Waals surface area (Å²) >= 11 is 0. The van der Waals surface area contributed by atoms with Crippen molar-refractivity contribution in [2.24, 2.45) is 0 Å². The number of anilines is 1. The Bertz CT molecular complexity index is 756. The lowest BCUT2D eigenvalue weighted by molar-refractivity contribution is -0.112. The molecular formula is C19H23N3O2. The van der Waals surface area contributed by atoms with Crippen LogP contribution in [0.2, 0.25) is 0 Å². The number of hydrogen-bond donors (Lipinski definition) is 0. The van der Waals surface area contributed by atoms with Gasteiger partial charge in [0.2, 0.25) is 0 Å². The van der Waals surface area contributed by atoms with Gasteiger partial charge in [-0.1, -0.05) is 18.2 Å². The SMILES string of the molecule is CCN(CC)c1c(C=CC(C)=O)c(C(C)=O)nn1-c1ccccc1. The van der Waals surface area contributed by atoms with E-state index in [9.17, 15) is 9.59 Å². The fourth-order valence-corrected chi connectivity index (χ4v) is 2.61. The van der Waals surface area contributed by atoms with E-state index in [-0.39, 0.29) is 11.6 Å². The first-order chi connectivity index (χ1) is 11.5. The van der Waals surface area contributed by atoms with Gasteiger partial charge in [0.05, 0.1) is 5.69 Å². The number of ketones is 2. The zero-order valence-electron chi connectivity index (χ0n) is 14.6. The molecule has 5 heteroatoms. The van der Waals surface area contributed by atoms with Crippen molar-refractivity contribution in [1.29, 1.82) is 0 Å². The predicted molar refractivity (Wildman–Crippen MR) is 96.8 cm³/mol. The van der Waals surface area contributed by atoms with Crippen LogP contribution in [0.1, 0.15) is 43.7 Å². The highest BCUT2D eigenvalue weighted by atomic mass is 16.1. The van der Waals surface area contributed by atoms with Gasteiger partial charge in [0.1, 0.15) is 11.5 Å². The van der Waals surface area contributed by atoms with E-state index in [1.54, 1.807) is 10.8 Å². The highest BCUT2D eigenvalue weighted by Crippen LogP contribution is 2.29. The number of para-hydroxylation sites is 1. The Balaban J connectivity index is 2.77. The first-order valence-corrected chi connectivity index (χ1v) is 8.12. The molecular weight excluding hydrogens is 302 g/mol. The van der Waals surface area contributed by atoms with Gasteiger partial charge in [-0.25, -0.2) is 4.68 Å². The molecule has 0 radical (unpaired) electrons. The molecule has 0 N–H and O–H groups in total. The molecule has 0 aliphatic rings. The van der Waals surface area contributed by atoms with E-state index in [4.69, 9.17) is 0 Å². The van der Waals surface area contributed by atoms with E-state index in [1.165, 1.54) is 19.9 Å². The Morgan fingerprint density at radius 1 is 1.12 bits per heavy atom. The summed E-state index contributed by atoms with van der Waals surface area (Å²) in [6.07, 6.45) is 3.17. The summed E-state index contributed by atoms with van der Waals surface area (Å²) in [5.74, 6) is 0.637. The number of hydrogen-bond acceptors (Lipinski definition) is 4. The van der Waals surface area contributed by atoms with Crippen LogP contribution in [0.25, 0.3) is 11.8 Å². The monoisotopic (exact) mass is 325 g/mol. The van der Waals surface area contributed by atoms with Crippen molar-refractivity contribution in [3.8, 4) is 5.69 Å². The molecule has 1 heterocycles. The number of Topliss-reactive ketones (excluding diaryl/α,β-unsaturated/α-hetero) is 1. The van der Waals surface area contributed by atoms with Gasteiger partial charge < -0.3 is 4.90 Å².